The predicted molar refractivity (Wildman–Crippen MR) is 126 cm³/mol. The molecule has 10 heteroatoms. The van der Waals surface area contributed by atoms with E-state index in [-0.39, 0.29) is 5.70 Å². The Morgan fingerprint density at radius 1 is 1.15 bits per heavy atom. The van der Waals surface area contributed by atoms with Crippen molar-refractivity contribution in [2.75, 3.05) is 5.32 Å². The lowest BCUT2D eigenvalue weighted by atomic mass is 10.1. The number of carbonyl (C=O) groups excluding carboxylic acids is 2. The van der Waals surface area contributed by atoms with E-state index in [4.69, 9.17) is 4.98 Å². The first-order valence-corrected chi connectivity index (χ1v) is 11.1. The van der Waals surface area contributed by atoms with Crippen LogP contribution >= 0.6 is 0 Å². The van der Waals surface area contributed by atoms with Gasteiger partial charge in [-0.3, -0.25) is 14.8 Å². The van der Waals surface area contributed by atoms with Gasteiger partial charge in [0.05, 0.1) is 17.6 Å². The number of hydrogen-bond acceptors (Lipinski definition) is 6. The van der Waals surface area contributed by atoms with E-state index in [0.29, 0.717) is 23.7 Å². The van der Waals surface area contributed by atoms with Crippen LogP contribution in [0.25, 0.3) is 23.0 Å². The lowest BCUT2D eigenvalue weighted by Crippen LogP contribution is -2.22. The van der Waals surface area contributed by atoms with Gasteiger partial charge in [0.1, 0.15) is 11.5 Å². The highest BCUT2D eigenvalue weighted by Crippen LogP contribution is 2.27. The topological polar surface area (TPSA) is 118 Å². The number of aromatic nitrogens is 5. The van der Waals surface area contributed by atoms with Crippen molar-refractivity contribution < 1.29 is 9.59 Å². The molecule has 3 aromatic heterocycles. The number of amides is 3. The summed E-state index contributed by atoms with van der Waals surface area (Å²) < 4.78 is 3.53. The molecular formula is C24H22N8O2. The largest absolute Gasteiger partial charge is 0.367 e. The molecule has 2 aliphatic rings. The smallest absolute Gasteiger partial charge is 0.326 e. The van der Waals surface area contributed by atoms with Crippen molar-refractivity contribution in [1.29, 1.82) is 0 Å². The number of rotatable bonds is 6. The molecule has 1 aliphatic carbocycles. The van der Waals surface area contributed by atoms with Crippen molar-refractivity contribution in [3.05, 3.63) is 71.3 Å². The van der Waals surface area contributed by atoms with Crippen molar-refractivity contribution >= 4 is 29.5 Å². The number of aryl methyl sites for hydroxylation is 1. The van der Waals surface area contributed by atoms with Crippen molar-refractivity contribution in [3.8, 4) is 11.3 Å². The molecule has 1 saturated heterocycles. The Bertz CT molecular complexity index is 1460. The molecule has 0 spiro atoms. The Hall–Kier alpha value is -4.47. The van der Waals surface area contributed by atoms with Crippen LogP contribution < -0.4 is 16.0 Å². The molecule has 0 radical (unpaired) electrons. The van der Waals surface area contributed by atoms with Gasteiger partial charge in [0, 0.05) is 42.9 Å². The van der Waals surface area contributed by atoms with Crippen LogP contribution in [0.2, 0.25) is 0 Å². The minimum absolute atomic E-state index is 0.175. The molecule has 10 nitrogen and oxygen atoms in total. The molecule has 0 atom stereocenters. The zero-order valence-corrected chi connectivity index (χ0v) is 18.4. The number of fused-ring (bicyclic) bond motifs is 1. The van der Waals surface area contributed by atoms with Gasteiger partial charge in [0.15, 0.2) is 5.65 Å². The lowest BCUT2D eigenvalue weighted by molar-refractivity contribution is -0.115. The van der Waals surface area contributed by atoms with Crippen LogP contribution in [0.3, 0.4) is 0 Å². The molecule has 4 heterocycles. The molecule has 0 bridgehead atoms. The second-order valence-corrected chi connectivity index (χ2v) is 8.60. The van der Waals surface area contributed by atoms with Crippen molar-refractivity contribution in [1.82, 2.24) is 35.0 Å². The summed E-state index contributed by atoms with van der Waals surface area (Å²) >= 11 is 0. The zero-order valence-electron chi connectivity index (χ0n) is 18.4. The third kappa shape index (κ3) is 3.90. The van der Waals surface area contributed by atoms with E-state index < -0.39 is 11.9 Å². The fourth-order valence-corrected chi connectivity index (χ4v) is 3.97. The summed E-state index contributed by atoms with van der Waals surface area (Å²) in [6, 6.07) is 12.2. The van der Waals surface area contributed by atoms with Crippen molar-refractivity contribution in [2.24, 2.45) is 7.05 Å². The minimum Gasteiger partial charge on any atom is -0.367 e. The molecule has 1 aromatic carbocycles. The molecule has 4 aromatic rings. The van der Waals surface area contributed by atoms with E-state index in [2.05, 4.69) is 50.4 Å². The number of imide groups is 1. The third-order valence-corrected chi connectivity index (χ3v) is 5.85. The molecule has 3 N–H and O–H groups in total. The number of benzene rings is 1. The van der Waals surface area contributed by atoms with Gasteiger partial charge in [-0.1, -0.05) is 24.3 Å². The van der Waals surface area contributed by atoms with Gasteiger partial charge in [0.25, 0.3) is 5.91 Å². The maximum Gasteiger partial charge on any atom is 0.326 e. The van der Waals surface area contributed by atoms with Gasteiger partial charge >= 0.3 is 6.03 Å². The third-order valence-electron chi connectivity index (χ3n) is 5.85. The molecule has 3 amide bonds. The van der Waals surface area contributed by atoms with Crippen molar-refractivity contribution in [2.45, 2.75) is 25.3 Å². The van der Waals surface area contributed by atoms with Crippen LogP contribution in [0, 0.1) is 0 Å². The lowest BCUT2D eigenvalue weighted by Gasteiger charge is -2.10. The van der Waals surface area contributed by atoms with E-state index in [9.17, 15) is 9.59 Å². The van der Waals surface area contributed by atoms with Gasteiger partial charge in [-0.2, -0.15) is 14.7 Å². The Kier molecular flexibility index (Phi) is 4.65. The molecule has 1 saturated carbocycles. The minimum atomic E-state index is -0.536. The first kappa shape index (κ1) is 20.2. The van der Waals surface area contributed by atoms with E-state index in [1.165, 1.54) is 0 Å². The Morgan fingerprint density at radius 2 is 1.97 bits per heavy atom. The Balaban J connectivity index is 1.34. The van der Waals surface area contributed by atoms with Gasteiger partial charge < -0.3 is 10.6 Å². The first-order valence-electron chi connectivity index (χ1n) is 11.1. The Labute approximate surface area is 194 Å². The Morgan fingerprint density at radius 3 is 2.65 bits per heavy atom. The van der Waals surface area contributed by atoms with Crippen LogP contribution in [-0.2, 0) is 18.3 Å². The maximum absolute atomic E-state index is 12.0. The summed E-state index contributed by atoms with van der Waals surface area (Å²) in [4.78, 5) is 28.3. The fraction of sp³-hybridized carbons (Fsp3) is 0.208. The predicted octanol–water partition coefficient (Wildman–Crippen LogP) is 2.48. The molecular weight excluding hydrogens is 432 g/mol. The number of nitrogens with zero attached hydrogens (tertiary/aromatic N) is 5. The maximum atomic E-state index is 12.0. The van der Waals surface area contributed by atoms with Crippen LogP contribution in [0.15, 0.2) is 54.5 Å². The highest BCUT2D eigenvalue weighted by atomic mass is 16.2. The summed E-state index contributed by atoms with van der Waals surface area (Å²) in [5.74, 6) is 0.391. The fourth-order valence-electron chi connectivity index (χ4n) is 3.97. The molecule has 170 valence electrons. The molecule has 0 unspecified atom stereocenters. The van der Waals surface area contributed by atoms with E-state index in [0.717, 1.165) is 41.2 Å². The summed E-state index contributed by atoms with van der Waals surface area (Å²) in [6.07, 6.45) is 8.06. The molecule has 2 fully saturated rings. The van der Waals surface area contributed by atoms with Gasteiger partial charge in [-0.05, 0) is 30.5 Å². The average molecular weight is 454 g/mol. The first-order chi connectivity index (χ1) is 16.5. The highest BCUT2D eigenvalue weighted by Gasteiger charge is 2.25. The summed E-state index contributed by atoms with van der Waals surface area (Å²) in [5.41, 5.74) is 5.44. The van der Waals surface area contributed by atoms with Gasteiger partial charge in [-0.15, -0.1) is 0 Å². The summed E-state index contributed by atoms with van der Waals surface area (Å²) in [7, 11) is 1.90. The number of urea groups is 1. The van der Waals surface area contributed by atoms with Gasteiger partial charge in [0.2, 0.25) is 0 Å². The summed E-state index contributed by atoms with van der Waals surface area (Å²) in [5, 5.41) is 17.2. The normalized spacial score (nSPS) is 16.8. The SMILES string of the molecule is Cn1ccc(-c2ccc(Cc3cc(NC4CC4)n4ncc(/C=C5\NC(=O)NC5=O)c4n3)cc2)n1. The van der Waals surface area contributed by atoms with Crippen LogP contribution in [0.5, 0.6) is 0 Å². The monoisotopic (exact) mass is 454 g/mol. The second-order valence-electron chi connectivity index (χ2n) is 8.60. The number of nitrogens with one attached hydrogen (secondary N) is 3. The van der Waals surface area contributed by atoms with E-state index in [1.807, 2.05) is 25.4 Å². The quantitative estimate of drug-likeness (QED) is 0.304. The highest BCUT2D eigenvalue weighted by molar-refractivity contribution is 6.14. The van der Waals surface area contributed by atoms with Crippen LogP contribution in [0.4, 0.5) is 10.6 Å². The molecule has 1 aliphatic heterocycles. The number of anilines is 1. The molecule has 34 heavy (non-hydrogen) atoms. The second kappa shape index (κ2) is 7.84. The number of hydrogen-bond donors (Lipinski definition) is 3. The van der Waals surface area contributed by atoms with E-state index >= 15 is 0 Å². The summed E-state index contributed by atoms with van der Waals surface area (Å²) in [6.45, 7) is 0. The molecule has 6 rings (SSSR count). The van der Waals surface area contributed by atoms with Gasteiger partial charge in [-0.25, -0.2) is 9.78 Å². The van der Waals surface area contributed by atoms with Crippen LogP contribution in [0.1, 0.15) is 29.7 Å². The van der Waals surface area contributed by atoms with Crippen molar-refractivity contribution in [3.63, 3.8) is 0 Å². The van der Waals surface area contributed by atoms with Crippen LogP contribution in [-0.4, -0.2) is 42.4 Å². The van der Waals surface area contributed by atoms with E-state index in [1.54, 1.807) is 21.5 Å². The standard InChI is InChI=1S/C24H22N8O2/c1-31-9-8-19(30-31)15-4-2-14(3-5-15)10-18-12-21(26-17-6-7-17)32-22(27-18)16(13-25-32)11-20-23(33)29-24(34)28-20/h2-5,8-9,11-13,17,26H,6-7,10H2,1H3,(H2,28,29,33,34)/b20-11-. The number of carbonyl (C=O) groups is 2. The zero-order chi connectivity index (χ0) is 23.2. The average Bonchev–Trinajstić information content (AvgIpc) is 3.22.